The van der Waals surface area contributed by atoms with Crippen LogP contribution in [0, 0.1) is 0 Å². The first-order valence-electron chi connectivity index (χ1n) is 7.01. The Kier molecular flexibility index (Phi) is 14.0. The molecule has 0 saturated carbocycles. The third-order valence-corrected chi connectivity index (χ3v) is 2.44. The molecule has 0 heterocycles. The van der Waals surface area contributed by atoms with Gasteiger partial charge in [0.15, 0.2) is 0 Å². The van der Waals surface area contributed by atoms with Gasteiger partial charge < -0.3 is 0 Å². The van der Waals surface area contributed by atoms with Gasteiger partial charge in [0.2, 0.25) is 0 Å². The average molecular weight is 232 g/mol. The fourth-order valence-electron chi connectivity index (χ4n) is 1.42. The standard InChI is InChI=1S/C17H28/c1-3-5-7-9-11-13-15-17-16-14-12-10-8-6-4-2/h5,7,10-13,16-17H,3-4,6,8-9,14-15H2,1-2H3/b7-5-,12-10?,13-11-,17-16-. The predicted octanol–water partition coefficient (Wildman–Crippen LogP) is 5.98. The first-order chi connectivity index (χ1) is 8.41. The van der Waals surface area contributed by atoms with Crippen molar-refractivity contribution >= 4 is 0 Å². The Bertz CT molecular complexity index is 241. The zero-order valence-electron chi connectivity index (χ0n) is 11.6. The van der Waals surface area contributed by atoms with E-state index in [1.165, 1.54) is 19.3 Å². The molecule has 0 N–H and O–H groups in total. The molecule has 0 nitrogen and oxygen atoms in total. The highest BCUT2D eigenvalue weighted by Crippen LogP contribution is 1.97. The molecule has 0 bridgehead atoms. The Morgan fingerprint density at radius 1 is 0.588 bits per heavy atom. The molecular weight excluding hydrogens is 204 g/mol. The third-order valence-electron chi connectivity index (χ3n) is 2.44. The second kappa shape index (κ2) is 15.0. The van der Waals surface area contributed by atoms with E-state index in [9.17, 15) is 0 Å². The highest BCUT2D eigenvalue weighted by Gasteiger charge is 1.77. The van der Waals surface area contributed by atoms with Crippen LogP contribution >= 0.6 is 0 Å². The Morgan fingerprint density at radius 3 is 1.53 bits per heavy atom. The van der Waals surface area contributed by atoms with Crippen LogP contribution in [0.1, 0.15) is 58.8 Å². The van der Waals surface area contributed by atoms with Gasteiger partial charge in [0.1, 0.15) is 0 Å². The summed E-state index contributed by atoms with van der Waals surface area (Å²) in [4.78, 5) is 0. The van der Waals surface area contributed by atoms with Gasteiger partial charge in [-0.3, -0.25) is 0 Å². The molecule has 0 aliphatic heterocycles. The zero-order chi connectivity index (χ0) is 12.6. The van der Waals surface area contributed by atoms with Crippen molar-refractivity contribution < 1.29 is 0 Å². The van der Waals surface area contributed by atoms with E-state index in [0.717, 1.165) is 25.7 Å². The molecule has 0 radical (unpaired) electrons. The van der Waals surface area contributed by atoms with Crippen molar-refractivity contribution in [3.8, 4) is 0 Å². The van der Waals surface area contributed by atoms with Crippen molar-refractivity contribution in [2.24, 2.45) is 0 Å². The maximum absolute atomic E-state index is 2.29. The molecule has 0 spiro atoms. The number of rotatable bonds is 10. The maximum atomic E-state index is 2.29. The third kappa shape index (κ3) is 15.0. The number of unbranched alkanes of at least 4 members (excludes halogenated alkanes) is 2. The monoisotopic (exact) mass is 232 g/mol. The lowest BCUT2D eigenvalue weighted by molar-refractivity contribution is 0.813. The van der Waals surface area contributed by atoms with E-state index >= 15 is 0 Å². The van der Waals surface area contributed by atoms with E-state index in [0.29, 0.717) is 0 Å². The van der Waals surface area contributed by atoms with Crippen LogP contribution in [0.4, 0.5) is 0 Å². The lowest BCUT2D eigenvalue weighted by Crippen LogP contribution is -1.67. The molecule has 0 amide bonds. The van der Waals surface area contributed by atoms with Crippen LogP contribution in [0.25, 0.3) is 0 Å². The maximum Gasteiger partial charge on any atom is -0.0169 e. The average Bonchev–Trinajstić information content (AvgIpc) is 2.35. The van der Waals surface area contributed by atoms with Crippen molar-refractivity contribution in [1.29, 1.82) is 0 Å². The molecule has 96 valence electrons. The minimum absolute atomic E-state index is 1.06. The first-order valence-corrected chi connectivity index (χ1v) is 7.01. The summed E-state index contributed by atoms with van der Waals surface area (Å²) in [6.45, 7) is 4.40. The fourth-order valence-corrected chi connectivity index (χ4v) is 1.42. The second-order valence-corrected chi connectivity index (χ2v) is 4.14. The molecule has 0 unspecified atom stereocenters. The van der Waals surface area contributed by atoms with Crippen molar-refractivity contribution in [1.82, 2.24) is 0 Å². The molecule has 0 fully saturated rings. The molecular formula is C17H28. The summed E-state index contributed by atoms with van der Waals surface area (Å²) < 4.78 is 0. The molecule has 0 rings (SSSR count). The van der Waals surface area contributed by atoms with Crippen LogP contribution in [0.5, 0.6) is 0 Å². The zero-order valence-corrected chi connectivity index (χ0v) is 11.6. The molecule has 0 atom stereocenters. The van der Waals surface area contributed by atoms with Gasteiger partial charge in [-0.1, -0.05) is 75.3 Å². The summed E-state index contributed by atoms with van der Waals surface area (Å²) in [5.41, 5.74) is 0. The smallest absolute Gasteiger partial charge is 0.0169 e. The fraction of sp³-hybridized carbons (Fsp3) is 0.529. The van der Waals surface area contributed by atoms with Gasteiger partial charge in [0, 0.05) is 0 Å². The highest BCUT2D eigenvalue weighted by atomic mass is 13.8. The van der Waals surface area contributed by atoms with Crippen LogP contribution in [0.2, 0.25) is 0 Å². The molecule has 0 aromatic carbocycles. The Labute approximate surface area is 108 Å². The van der Waals surface area contributed by atoms with E-state index in [-0.39, 0.29) is 0 Å². The van der Waals surface area contributed by atoms with Crippen LogP contribution < -0.4 is 0 Å². The van der Waals surface area contributed by atoms with Crippen molar-refractivity contribution in [2.45, 2.75) is 58.8 Å². The Balaban J connectivity index is 3.35. The molecule has 0 aliphatic carbocycles. The Hall–Kier alpha value is -1.04. The van der Waals surface area contributed by atoms with Gasteiger partial charge in [-0.05, 0) is 32.1 Å². The molecule has 0 aromatic heterocycles. The van der Waals surface area contributed by atoms with Crippen molar-refractivity contribution in [3.05, 3.63) is 48.6 Å². The minimum Gasteiger partial charge on any atom is -0.0885 e. The van der Waals surface area contributed by atoms with E-state index in [1.807, 2.05) is 0 Å². The van der Waals surface area contributed by atoms with Gasteiger partial charge in [0.05, 0.1) is 0 Å². The summed E-state index contributed by atoms with van der Waals surface area (Å²) in [5, 5.41) is 0. The van der Waals surface area contributed by atoms with Gasteiger partial charge in [-0.25, -0.2) is 0 Å². The lowest BCUT2D eigenvalue weighted by Gasteiger charge is -1.87. The molecule has 0 aliphatic rings. The van der Waals surface area contributed by atoms with Gasteiger partial charge >= 0.3 is 0 Å². The topological polar surface area (TPSA) is 0 Å². The van der Waals surface area contributed by atoms with Crippen LogP contribution in [-0.2, 0) is 0 Å². The van der Waals surface area contributed by atoms with E-state index in [1.54, 1.807) is 0 Å². The minimum atomic E-state index is 1.06. The lowest BCUT2D eigenvalue weighted by atomic mass is 10.2. The van der Waals surface area contributed by atoms with Crippen LogP contribution in [0.3, 0.4) is 0 Å². The molecule has 0 saturated heterocycles. The van der Waals surface area contributed by atoms with Crippen molar-refractivity contribution in [2.75, 3.05) is 0 Å². The van der Waals surface area contributed by atoms with E-state index < -0.39 is 0 Å². The number of hydrogen-bond acceptors (Lipinski definition) is 0. The normalized spacial score (nSPS) is 12.8. The molecule has 0 aromatic rings. The summed E-state index contributed by atoms with van der Waals surface area (Å²) in [6.07, 6.45) is 26.1. The van der Waals surface area contributed by atoms with Gasteiger partial charge in [-0.15, -0.1) is 0 Å². The van der Waals surface area contributed by atoms with Gasteiger partial charge in [-0.2, -0.15) is 0 Å². The summed E-state index contributed by atoms with van der Waals surface area (Å²) in [7, 11) is 0. The SMILES string of the molecule is CC/C=C\C/C=C\C/C=C\CC=CCCCC. The predicted molar refractivity (Wildman–Crippen MR) is 80.2 cm³/mol. The van der Waals surface area contributed by atoms with Gasteiger partial charge in [0.25, 0.3) is 0 Å². The first kappa shape index (κ1) is 16.0. The summed E-state index contributed by atoms with van der Waals surface area (Å²) >= 11 is 0. The number of allylic oxidation sites excluding steroid dienone is 8. The quantitative estimate of drug-likeness (QED) is 0.321. The van der Waals surface area contributed by atoms with Crippen LogP contribution in [-0.4, -0.2) is 0 Å². The van der Waals surface area contributed by atoms with E-state index in [4.69, 9.17) is 0 Å². The van der Waals surface area contributed by atoms with Crippen LogP contribution in [0.15, 0.2) is 48.6 Å². The Morgan fingerprint density at radius 2 is 1.06 bits per heavy atom. The summed E-state index contributed by atoms with van der Waals surface area (Å²) in [5.74, 6) is 0. The molecule has 17 heavy (non-hydrogen) atoms. The molecule has 0 heteroatoms. The number of hydrogen-bond donors (Lipinski definition) is 0. The summed E-state index contributed by atoms with van der Waals surface area (Å²) in [6, 6.07) is 0. The second-order valence-electron chi connectivity index (χ2n) is 4.14. The van der Waals surface area contributed by atoms with E-state index in [2.05, 4.69) is 62.5 Å². The largest absolute Gasteiger partial charge is 0.0885 e. The highest BCUT2D eigenvalue weighted by molar-refractivity contribution is 4.99. The van der Waals surface area contributed by atoms with Crippen molar-refractivity contribution in [3.63, 3.8) is 0 Å².